The molecule has 1 amide bonds. The molecule has 0 aliphatic carbocycles. The number of carbonyl (C=O) groups is 1. The van der Waals surface area contributed by atoms with E-state index >= 15 is 0 Å². The molecule has 160 valence electrons. The van der Waals surface area contributed by atoms with Crippen molar-refractivity contribution in [3.8, 4) is 0 Å². The van der Waals surface area contributed by atoms with Crippen molar-refractivity contribution in [3.05, 3.63) is 35.6 Å². The van der Waals surface area contributed by atoms with Crippen molar-refractivity contribution in [2.24, 2.45) is 0 Å². The average molecular weight is 438 g/mol. The number of amides is 1. The van der Waals surface area contributed by atoms with Crippen molar-refractivity contribution in [2.45, 2.75) is 24.5 Å². The van der Waals surface area contributed by atoms with Gasteiger partial charge in [-0.05, 0) is 43.6 Å². The van der Waals surface area contributed by atoms with Crippen molar-refractivity contribution < 1.29 is 18.7 Å². The molecular formula is C19H30Cl2FN3O3. The first-order valence-corrected chi connectivity index (χ1v) is 9.26. The van der Waals surface area contributed by atoms with Crippen LogP contribution >= 0.6 is 24.8 Å². The molecule has 9 heteroatoms. The van der Waals surface area contributed by atoms with Crippen LogP contribution in [0.2, 0.25) is 0 Å². The lowest BCUT2D eigenvalue weighted by atomic mass is 9.91. The Hall–Kier alpha value is -0.960. The van der Waals surface area contributed by atoms with Crippen molar-refractivity contribution in [1.29, 1.82) is 0 Å². The van der Waals surface area contributed by atoms with Gasteiger partial charge >= 0.3 is 0 Å². The molecule has 0 bridgehead atoms. The second-order valence-corrected chi connectivity index (χ2v) is 6.88. The van der Waals surface area contributed by atoms with Crippen LogP contribution in [0, 0.1) is 5.82 Å². The molecule has 1 atom stereocenters. The van der Waals surface area contributed by atoms with Gasteiger partial charge in [0.05, 0.1) is 19.3 Å². The van der Waals surface area contributed by atoms with Crippen LogP contribution in [0.15, 0.2) is 24.3 Å². The number of hydrogen-bond acceptors (Lipinski definition) is 5. The molecule has 1 unspecified atom stereocenters. The Bertz CT molecular complexity index is 612. The highest BCUT2D eigenvalue weighted by Gasteiger charge is 2.40. The summed E-state index contributed by atoms with van der Waals surface area (Å²) in [6, 6.07) is 6.51. The van der Waals surface area contributed by atoms with Gasteiger partial charge in [0, 0.05) is 26.7 Å². The van der Waals surface area contributed by atoms with Crippen molar-refractivity contribution in [3.63, 3.8) is 0 Å². The lowest BCUT2D eigenvalue weighted by Gasteiger charge is -2.37. The quantitative estimate of drug-likeness (QED) is 0.711. The van der Waals surface area contributed by atoms with Crippen LogP contribution in [0.5, 0.6) is 0 Å². The lowest BCUT2D eigenvalue weighted by molar-refractivity contribution is -0.147. The first-order chi connectivity index (χ1) is 12.6. The minimum atomic E-state index is -0.775. The molecule has 1 aromatic rings. The summed E-state index contributed by atoms with van der Waals surface area (Å²) in [5.41, 5.74) is 0.0897. The number of rotatable bonds is 6. The Balaban J connectivity index is 0.00000196. The molecule has 2 fully saturated rings. The largest absolute Gasteiger partial charge is 0.379 e. The number of benzene rings is 1. The lowest BCUT2D eigenvalue weighted by Crippen LogP contribution is -2.55. The van der Waals surface area contributed by atoms with Crippen molar-refractivity contribution in [1.82, 2.24) is 15.5 Å². The second-order valence-electron chi connectivity index (χ2n) is 6.88. The number of ether oxygens (including phenoxy) is 2. The maximum Gasteiger partial charge on any atom is 0.252 e. The third kappa shape index (κ3) is 6.02. The fraction of sp³-hybridized carbons (Fsp3) is 0.632. The van der Waals surface area contributed by atoms with Gasteiger partial charge in [0.1, 0.15) is 11.4 Å². The highest BCUT2D eigenvalue weighted by Crippen LogP contribution is 2.25. The Morgan fingerprint density at radius 3 is 2.61 bits per heavy atom. The average Bonchev–Trinajstić information content (AvgIpc) is 2.69. The molecule has 0 aromatic heterocycles. The zero-order valence-electron chi connectivity index (χ0n) is 16.1. The van der Waals surface area contributed by atoms with Crippen molar-refractivity contribution >= 4 is 30.7 Å². The third-order valence-electron chi connectivity index (χ3n) is 5.39. The number of nitrogens with one attached hydrogen (secondary N) is 2. The number of hydrogen-bond donors (Lipinski definition) is 2. The maximum absolute atomic E-state index is 13.7. The zero-order valence-corrected chi connectivity index (χ0v) is 17.8. The van der Waals surface area contributed by atoms with E-state index in [0.717, 1.165) is 31.7 Å². The molecule has 6 nitrogen and oxygen atoms in total. The smallest absolute Gasteiger partial charge is 0.252 e. The van der Waals surface area contributed by atoms with Crippen LogP contribution in [-0.2, 0) is 14.3 Å². The van der Waals surface area contributed by atoms with Gasteiger partial charge in [-0.3, -0.25) is 9.69 Å². The first-order valence-electron chi connectivity index (χ1n) is 9.26. The van der Waals surface area contributed by atoms with Crippen LogP contribution in [-0.4, -0.2) is 69.5 Å². The Kier molecular flexibility index (Phi) is 10.7. The maximum atomic E-state index is 13.7. The predicted octanol–water partition coefficient (Wildman–Crippen LogP) is 1.93. The summed E-state index contributed by atoms with van der Waals surface area (Å²) in [5.74, 6) is -0.352. The van der Waals surface area contributed by atoms with E-state index in [9.17, 15) is 9.18 Å². The van der Waals surface area contributed by atoms with Gasteiger partial charge in [0.15, 0.2) is 0 Å². The minimum Gasteiger partial charge on any atom is -0.379 e. The second kappa shape index (κ2) is 11.9. The number of piperidine rings is 1. The molecule has 2 heterocycles. The van der Waals surface area contributed by atoms with E-state index < -0.39 is 5.60 Å². The Morgan fingerprint density at radius 2 is 2.00 bits per heavy atom. The molecule has 1 aromatic carbocycles. The third-order valence-corrected chi connectivity index (χ3v) is 5.39. The van der Waals surface area contributed by atoms with Crippen LogP contribution in [0.4, 0.5) is 4.39 Å². The fourth-order valence-electron chi connectivity index (χ4n) is 3.77. The zero-order chi connectivity index (χ0) is 18.4. The summed E-state index contributed by atoms with van der Waals surface area (Å²) in [4.78, 5) is 15.1. The summed E-state index contributed by atoms with van der Waals surface area (Å²) in [6.07, 6.45) is 1.30. The van der Waals surface area contributed by atoms with Gasteiger partial charge in [0.2, 0.25) is 0 Å². The standard InChI is InChI=1S/C19H28FN3O3.2ClH/c1-25-19(5-7-21-8-6-19)18(24)22-14-17(23-9-11-26-12-10-23)15-3-2-4-16(20)13-15;;/h2-4,13,17,21H,5-12,14H2,1H3,(H,22,24);2*1H. The highest BCUT2D eigenvalue weighted by molar-refractivity contribution is 5.86. The van der Waals surface area contributed by atoms with Gasteiger partial charge in [-0.1, -0.05) is 12.1 Å². The number of nitrogens with zero attached hydrogens (tertiary/aromatic N) is 1. The summed E-state index contributed by atoms with van der Waals surface area (Å²) in [5, 5.41) is 6.32. The molecule has 3 rings (SSSR count). The number of methoxy groups -OCH3 is 1. The summed E-state index contributed by atoms with van der Waals surface area (Å²) >= 11 is 0. The van der Waals surface area contributed by atoms with E-state index in [4.69, 9.17) is 9.47 Å². The van der Waals surface area contributed by atoms with Gasteiger partial charge in [-0.25, -0.2) is 4.39 Å². The Morgan fingerprint density at radius 1 is 1.32 bits per heavy atom. The molecule has 0 saturated carbocycles. The monoisotopic (exact) mass is 437 g/mol. The summed E-state index contributed by atoms with van der Waals surface area (Å²) in [6.45, 7) is 4.75. The number of carbonyl (C=O) groups excluding carboxylic acids is 1. The SMILES string of the molecule is COC1(C(=O)NCC(c2cccc(F)c2)N2CCOCC2)CCNCC1.Cl.Cl. The van der Waals surface area contributed by atoms with Gasteiger partial charge < -0.3 is 20.1 Å². The normalized spacial score (nSPS) is 20.4. The van der Waals surface area contributed by atoms with E-state index in [2.05, 4.69) is 15.5 Å². The van der Waals surface area contributed by atoms with Crippen LogP contribution in [0.1, 0.15) is 24.4 Å². The van der Waals surface area contributed by atoms with E-state index in [1.807, 2.05) is 6.07 Å². The van der Waals surface area contributed by atoms with Crippen LogP contribution < -0.4 is 10.6 Å². The first kappa shape index (κ1) is 25.1. The number of morpholine rings is 1. The molecular weight excluding hydrogens is 408 g/mol. The highest BCUT2D eigenvalue weighted by atomic mass is 35.5. The van der Waals surface area contributed by atoms with Crippen molar-refractivity contribution in [2.75, 3.05) is 53.0 Å². The minimum absolute atomic E-state index is 0. The molecule has 2 saturated heterocycles. The summed E-state index contributed by atoms with van der Waals surface area (Å²) < 4.78 is 24.8. The topological polar surface area (TPSA) is 62.8 Å². The predicted molar refractivity (Wildman–Crippen MR) is 111 cm³/mol. The molecule has 2 N–H and O–H groups in total. The van der Waals surface area contributed by atoms with E-state index in [1.165, 1.54) is 6.07 Å². The molecule has 28 heavy (non-hydrogen) atoms. The van der Waals surface area contributed by atoms with Gasteiger partial charge in [0.25, 0.3) is 5.91 Å². The number of halogens is 3. The van der Waals surface area contributed by atoms with Gasteiger partial charge in [-0.15, -0.1) is 24.8 Å². The van der Waals surface area contributed by atoms with E-state index in [0.29, 0.717) is 32.6 Å². The van der Waals surface area contributed by atoms with Gasteiger partial charge in [-0.2, -0.15) is 0 Å². The fourth-order valence-corrected chi connectivity index (χ4v) is 3.77. The molecule has 0 radical (unpaired) electrons. The van der Waals surface area contributed by atoms with Crippen LogP contribution in [0.25, 0.3) is 0 Å². The molecule has 2 aliphatic rings. The van der Waals surface area contributed by atoms with Crippen LogP contribution in [0.3, 0.4) is 0 Å². The Labute approximate surface area is 178 Å². The van der Waals surface area contributed by atoms with E-state index in [-0.39, 0.29) is 42.6 Å². The molecule has 2 aliphatic heterocycles. The summed E-state index contributed by atoms with van der Waals surface area (Å²) in [7, 11) is 1.59. The molecule has 0 spiro atoms. The van der Waals surface area contributed by atoms with E-state index in [1.54, 1.807) is 19.2 Å².